The predicted octanol–water partition coefficient (Wildman–Crippen LogP) is 5.12. The number of hydrogen-bond donors (Lipinski definition) is 0. The van der Waals surface area contributed by atoms with Crippen LogP contribution >= 0.6 is 0 Å². The van der Waals surface area contributed by atoms with Gasteiger partial charge in [0.1, 0.15) is 17.2 Å². The fourth-order valence-electron chi connectivity index (χ4n) is 2.77. The van der Waals surface area contributed by atoms with Gasteiger partial charge in [0.2, 0.25) is 0 Å². The summed E-state index contributed by atoms with van der Waals surface area (Å²) < 4.78 is 17.7. The Morgan fingerprint density at radius 3 is 1.82 bits per heavy atom. The van der Waals surface area contributed by atoms with Gasteiger partial charge in [0.15, 0.2) is 8.32 Å². The first kappa shape index (κ1) is 25.0. The third-order valence-electron chi connectivity index (χ3n) is 5.13. The molecule has 1 aliphatic heterocycles. The monoisotopic (exact) mass is 415 g/mol. The van der Waals surface area contributed by atoms with E-state index in [4.69, 9.17) is 13.9 Å². The number of carbonyl (C=O) groups is 2. The summed E-state index contributed by atoms with van der Waals surface area (Å²) in [6, 6.07) is -0.697. The van der Waals surface area contributed by atoms with E-state index in [9.17, 15) is 9.59 Å². The SMILES string of the molecule is CC(C)(C)OC(=O)[C@@H]1C[C@@H](O[Si](C)(C)C(C)(C)C)CCN1C(=O)OC(C)(C)C. The smallest absolute Gasteiger partial charge is 0.411 e. The molecule has 2 atom stereocenters. The number of carbonyl (C=O) groups excluding carboxylic acids is 2. The Morgan fingerprint density at radius 2 is 1.39 bits per heavy atom. The molecule has 0 saturated carbocycles. The molecule has 1 saturated heterocycles. The molecule has 0 radical (unpaired) electrons. The summed E-state index contributed by atoms with van der Waals surface area (Å²) in [5, 5.41) is 0.0801. The van der Waals surface area contributed by atoms with Crippen LogP contribution < -0.4 is 0 Å². The number of amides is 1. The minimum Gasteiger partial charge on any atom is -0.458 e. The molecule has 1 fully saturated rings. The fourth-order valence-corrected chi connectivity index (χ4v) is 4.17. The van der Waals surface area contributed by atoms with Gasteiger partial charge >= 0.3 is 12.1 Å². The Labute approximate surface area is 172 Å². The highest BCUT2D eigenvalue weighted by atomic mass is 28.4. The van der Waals surface area contributed by atoms with Crippen molar-refractivity contribution in [2.45, 2.75) is 117 Å². The molecule has 0 N–H and O–H groups in total. The van der Waals surface area contributed by atoms with Gasteiger partial charge < -0.3 is 13.9 Å². The van der Waals surface area contributed by atoms with Gasteiger partial charge in [-0.25, -0.2) is 9.59 Å². The van der Waals surface area contributed by atoms with Crippen LogP contribution in [0.25, 0.3) is 0 Å². The molecular formula is C21H41NO5Si. The number of hydrogen-bond acceptors (Lipinski definition) is 5. The van der Waals surface area contributed by atoms with Gasteiger partial charge in [-0.15, -0.1) is 0 Å². The Morgan fingerprint density at radius 1 is 0.893 bits per heavy atom. The minimum atomic E-state index is -1.98. The van der Waals surface area contributed by atoms with Crippen LogP contribution in [0.15, 0.2) is 0 Å². The average Bonchev–Trinajstić information content (AvgIpc) is 2.41. The third-order valence-corrected chi connectivity index (χ3v) is 9.66. The molecule has 0 unspecified atom stereocenters. The van der Waals surface area contributed by atoms with Gasteiger partial charge in [-0.3, -0.25) is 4.90 Å². The highest BCUT2D eigenvalue weighted by Crippen LogP contribution is 2.39. The van der Waals surface area contributed by atoms with Gasteiger partial charge in [-0.1, -0.05) is 20.8 Å². The van der Waals surface area contributed by atoms with Gasteiger partial charge in [0.25, 0.3) is 0 Å². The molecule has 0 aromatic carbocycles. The quantitative estimate of drug-likeness (QED) is 0.473. The van der Waals surface area contributed by atoms with E-state index in [1.54, 1.807) is 0 Å². The van der Waals surface area contributed by atoms with Crippen molar-refractivity contribution in [1.82, 2.24) is 4.90 Å². The maximum absolute atomic E-state index is 12.9. The second-order valence-electron chi connectivity index (χ2n) is 11.2. The average molecular weight is 416 g/mol. The van der Waals surface area contributed by atoms with Crippen LogP contribution in [0, 0.1) is 0 Å². The van der Waals surface area contributed by atoms with E-state index in [1.165, 1.54) is 4.90 Å². The minimum absolute atomic E-state index is 0.0721. The first-order valence-electron chi connectivity index (χ1n) is 10.2. The van der Waals surface area contributed by atoms with Crippen molar-refractivity contribution in [2.75, 3.05) is 6.54 Å². The number of rotatable bonds is 3. The summed E-state index contributed by atoms with van der Waals surface area (Å²) >= 11 is 0. The highest BCUT2D eigenvalue weighted by molar-refractivity contribution is 6.74. The van der Waals surface area contributed by atoms with E-state index < -0.39 is 37.6 Å². The zero-order chi connectivity index (χ0) is 22.1. The topological polar surface area (TPSA) is 65.1 Å². The van der Waals surface area contributed by atoms with E-state index in [0.717, 1.165) is 0 Å². The predicted molar refractivity (Wildman–Crippen MR) is 114 cm³/mol. The number of piperidine rings is 1. The maximum Gasteiger partial charge on any atom is 0.411 e. The highest BCUT2D eigenvalue weighted by Gasteiger charge is 2.44. The van der Waals surface area contributed by atoms with Crippen molar-refractivity contribution >= 4 is 20.4 Å². The number of nitrogens with zero attached hydrogens (tertiary/aromatic N) is 1. The zero-order valence-electron chi connectivity index (χ0n) is 19.8. The molecule has 1 amide bonds. The summed E-state index contributed by atoms with van der Waals surface area (Å²) in [4.78, 5) is 27.1. The molecule has 6 nitrogen and oxygen atoms in total. The largest absolute Gasteiger partial charge is 0.458 e. The second kappa shape index (κ2) is 8.34. The van der Waals surface area contributed by atoms with E-state index in [-0.39, 0.29) is 11.1 Å². The van der Waals surface area contributed by atoms with Crippen LogP contribution in [-0.4, -0.2) is 55.2 Å². The molecular weight excluding hydrogens is 374 g/mol. The van der Waals surface area contributed by atoms with Crippen LogP contribution in [-0.2, 0) is 18.7 Å². The summed E-state index contributed by atoms with van der Waals surface area (Å²) in [5.74, 6) is -0.401. The Kier molecular flexibility index (Phi) is 7.44. The first-order chi connectivity index (χ1) is 12.3. The molecule has 7 heteroatoms. The fraction of sp³-hybridized carbons (Fsp3) is 0.905. The Hall–Kier alpha value is -1.08. The van der Waals surface area contributed by atoms with E-state index >= 15 is 0 Å². The second-order valence-corrected chi connectivity index (χ2v) is 16.0. The van der Waals surface area contributed by atoms with Crippen LogP contribution in [0.1, 0.15) is 75.2 Å². The van der Waals surface area contributed by atoms with Gasteiger partial charge in [0.05, 0.1) is 0 Å². The number of ether oxygens (including phenoxy) is 2. The zero-order valence-corrected chi connectivity index (χ0v) is 20.8. The molecule has 0 aromatic heterocycles. The van der Waals surface area contributed by atoms with E-state index in [2.05, 4.69) is 33.9 Å². The van der Waals surface area contributed by atoms with E-state index in [0.29, 0.717) is 19.4 Å². The van der Waals surface area contributed by atoms with Crippen LogP contribution in [0.5, 0.6) is 0 Å². The third kappa shape index (κ3) is 7.39. The van der Waals surface area contributed by atoms with Gasteiger partial charge in [0, 0.05) is 19.1 Å². The lowest BCUT2D eigenvalue weighted by molar-refractivity contribution is -0.164. The standard InChI is InChI=1S/C21H41NO5Si/c1-19(2,3)25-17(23)16-14-15(27-28(10,11)21(7,8)9)12-13-22(16)18(24)26-20(4,5)6/h15-16H,12-14H2,1-11H3/t15-,16-/m0/s1. The van der Waals surface area contributed by atoms with Crippen molar-refractivity contribution in [3.05, 3.63) is 0 Å². The summed E-state index contributed by atoms with van der Waals surface area (Å²) in [7, 11) is -1.98. The molecule has 28 heavy (non-hydrogen) atoms. The lowest BCUT2D eigenvalue weighted by Crippen LogP contribution is -2.56. The van der Waals surface area contributed by atoms with Crippen molar-refractivity contribution in [1.29, 1.82) is 0 Å². The van der Waals surface area contributed by atoms with Crippen molar-refractivity contribution < 1.29 is 23.5 Å². The molecule has 0 bridgehead atoms. The Bertz CT molecular complexity index is 569. The van der Waals surface area contributed by atoms with Crippen molar-refractivity contribution in [3.8, 4) is 0 Å². The number of likely N-dealkylation sites (tertiary alicyclic amines) is 1. The van der Waals surface area contributed by atoms with Crippen molar-refractivity contribution in [3.63, 3.8) is 0 Å². The summed E-state index contributed by atoms with van der Waals surface area (Å²) in [6.07, 6.45) is 0.567. The normalized spacial score (nSPS) is 22.0. The molecule has 1 heterocycles. The molecule has 0 aliphatic carbocycles. The molecule has 0 spiro atoms. The molecule has 0 aromatic rings. The lowest BCUT2D eigenvalue weighted by atomic mass is 9.99. The molecule has 164 valence electrons. The molecule has 1 aliphatic rings. The van der Waals surface area contributed by atoms with Gasteiger partial charge in [-0.2, -0.15) is 0 Å². The first-order valence-corrected chi connectivity index (χ1v) is 13.1. The number of esters is 1. The molecule has 1 rings (SSSR count). The Balaban J connectivity index is 3.03. The van der Waals surface area contributed by atoms with Crippen LogP contribution in [0.4, 0.5) is 4.79 Å². The summed E-state index contributed by atoms with van der Waals surface area (Å²) in [5.41, 5.74) is -1.24. The maximum atomic E-state index is 12.9. The van der Waals surface area contributed by atoms with Gasteiger partial charge in [-0.05, 0) is 66.1 Å². The van der Waals surface area contributed by atoms with E-state index in [1.807, 2.05) is 41.5 Å². The van der Waals surface area contributed by atoms with Crippen LogP contribution in [0.3, 0.4) is 0 Å². The summed E-state index contributed by atoms with van der Waals surface area (Å²) in [6.45, 7) is 22.4. The van der Waals surface area contributed by atoms with Crippen LogP contribution in [0.2, 0.25) is 18.1 Å². The lowest BCUT2D eigenvalue weighted by Gasteiger charge is -2.44. The van der Waals surface area contributed by atoms with Crippen molar-refractivity contribution in [2.24, 2.45) is 0 Å².